The predicted molar refractivity (Wildman–Crippen MR) is 217 cm³/mol. The molecule has 0 bridgehead atoms. The normalized spacial score (nSPS) is 26.0. The third-order valence-electron chi connectivity index (χ3n) is 12.2. The van der Waals surface area contributed by atoms with Gasteiger partial charge in [0.25, 0.3) is 0 Å². The van der Waals surface area contributed by atoms with Crippen LogP contribution in [-0.4, -0.2) is 103 Å². The Kier molecular flexibility index (Phi) is 12.6. The number of amides is 2. The summed E-state index contributed by atoms with van der Waals surface area (Å²) in [6.45, 7) is 5.51. The summed E-state index contributed by atoms with van der Waals surface area (Å²) in [5, 5.41) is 23.0. The van der Waals surface area contributed by atoms with Gasteiger partial charge in [-0.25, -0.2) is 16.8 Å². The molecule has 0 spiro atoms. The third-order valence-corrected chi connectivity index (χ3v) is 17.6. The summed E-state index contributed by atoms with van der Waals surface area (Å²) in [6, 6.07) is 14.4. The van der Waals surface area contributed by atoms with Crippen molar-refractivity contribution in [3.63, 3.8) is 0 Å². The molecule has 2 amide bonds. The predicted octanol–water partition coefficient (Wildman–Crippen LogP) is 4.58. The Balaban J connectivity index is 0.000000177. The molecule has 2 aliphatic heterocycles. The monoisotopic (exact) mass is 874 g/mol. The van der Waals surface area contributed by atoms with Gasteiger partial charge in [-0.3, -0.25) is 9.59 Å². The number of halogens is 2. The number of hydrogen-bond acceptors (Lipinski definition) is 12. The lowest BCUT2D eigenvalue weighted by Gasteiger charge is -2.29. The number of nitrogens with one attached hydrogen (secondary N) is 2. The van der Waals surface area contributed by atoms with Gasteiger partial charge in [0.15, 0.2) is 19.7 Å². The molecule has 6 aliphatic rings. The average molecular weight is 876 g/mol. The van der Waals surface area contributed by atoms with Crippen molar-refractivity contribution in [1.29, 1.82) is 10.5 Å². The second-order valence-corrected chi connectivity index (χ2v) is 21.4. The standard InChI is InChI=1S/2C20H24ClN3O4S/c2*21-17-12-15(24-7-9-28-10-8-24)2-4-18(17)29(26,27)16-3-1-14(11-16)19(25)23-20(13-22)5-6-20/h2*2,4,12,14,16H,1,3,5-11H2,(H,23,25)/t2*14-,16-/m10/s1. The van der Waals surface area contributed by atoms with Gasteiger partial charge in [-0.15, -0.1) is 0 Å². The van der Waals surface area contributed by atoms with Crippen LogP contribution in [0.15, 0.2) is 46.2 Å². The number of rotatable bonds is 10. The van der Waals surface area contributed by atoms with Crippen molar-refractivity contribution < 1.29 is 35.9 Å². The maximum Gasteiger partial charge on any atom is 0.224 e. The van der Waals surface area contributed by atoms with Gasteiger partial charge in [0.1, 0.15) is 11.1 Å². The lowest BCUT2D eigenvalue weighted by molar-refractivity contribution is -0.126. The molecule has 0 radical (unpaired) electrons. The lowest BCUT2D eigenvalue weighted by Crippen LogP contribution is -2.39. The topological polar surface area (TPSA) is 199 Å². The molecular weight excluding hydrogens is 828 g/mol. The zero-order valence-electron chi connectivity index (χ0n) is 32.1. The van der Waals surface area contributed by atoms with E-state index in [-0.39, 0.29) is 56.3 Å². The largest absolute Gasteiger partial charge is 0.378 e. The second kappa shape index (κ2) is 17.1. The molecule has 2 aromatic rings. The molecule has 4 aliphatic carbocycles. The molecule has 14 nitrogen and oxygen atoms in total. The molecule has 2 aromatic carbocycles. The van der Waals surface area contributed by atoms with Crippen LogP contribution in [0, 0.1) is 34.5 Å². The minimum Gasteiger partial charge on any atom is -0.378 e. The van der Waals surface area contributed by atoms with Crippen molar-refractivity contribution in [2.45, 2.75) is 95.6 Å². The molecule has 312 valence electrons. The molecule has 6 fully saturated rings. The van der Waals surface area contributed by atoms with Crippen LogP contribution >= 0.6 is 23.2 Å². The van der Waals surface area contributed by atoms with Crippen LogP contribution in [0.25, 0.3) is 0 Å². The Morgan fingerprint density at radius 1 is 0.638 bits per heavy atom. The summed E-state index contributed by atoms with van der Waals surface area (Å²) in [5.74, 6) is -1.19. The van der Waals surface area contributed by atoms with Crippen LogP contribution in [0.5, 0.6) is 0 Å². The van der Waals surface area contributed by atoms with E-state index in [1.807, 2.05) is 0 Å². The van der Waals surface area contributed by atoms with Crippen molar-refractivity contribution in [3.05, 3.63) is 46.4 Å². The Hall–Kier alpha value is -3.64. The van der Waals surface area contributed by atoms with Crippen LogP contribution in [0.3, 0.4) is 0 Å². The van der Waals surface area contributed by atoms with Gasteiger partial charge in [-0.2, -0.15) is 10.5 Å². The Morgan fingerprint density at radius 3 is 1.31 bits per heavy atom. The van der Waals surface area contributed by atoms with Gasteiger partial charge in [0.05, 0.1) is 68.9 Å². The number of benzene rings is 2. The van der Waals surface area contributed by atoms with Crippen molar-refractivity contribution in [2.75, 3.05) is 62.4 Å². The number of nitrogens with zero attached hydrogens (tertiary/aromatic N) is 4. The van der Waals surface area contributed by atoms with E-state index in [9.17, 15) is 26.4 Å². The summed E-state index contributed by atoms with van der Waals surface area (Å²) in [6.07, 6.45) is 5.01. The Morgan fingerprint density at radius 2 is 1.00 bits per heavy atom. The quantitative estimate of drug-likeness (QED) is 0.338. The number of nitriles is 2. The minimum absolute atomic E-state index is 0.123. The Labute approximate surface area is 349 Å². The van der Waals surface area contributed by atoms with E-state index in [1.165, 1.54) is 0 Å². The van der Waals surface area contributed by atoms with Crippen LogP contribution < -0.4 is 20.4 Å². The molecule has 2 saturated heterocycles. The van der Waals surface area contributed by atoms with E-state index < -0.39 is 41.3 Å². The molecule has 8 rings (SSSR count). The highest BCUT2D eigenvalue weighted by Crippen LogP contribution is 2.41. The molecule has 58 heavy (non-hydrogen) atoms. The summed E-state index contributed by atoms with van der Waals surface area (Å²) in [5.41, 5.74) is 0.304. The van der Waals surface area contributed by atoms with Gasteiger partial charge in [-0.1, -0.05) is 23.2 Å². The van der Waals surface area contributed by atoms with E-state index in [0.717, 1.165) is 37.6 Å². The first-order valence-corrected chi connectivity index (χ1v) is 23.7. The maximum atomic E-state index is 13.2. The van der Waals surface area contributed by atoms with Crippen LogP contribution in [-0.2, 0) is 38.7 Å². The average Bonchev–Trinajstić information content (AvgIpc) is 4.03. The van der Waals surface area contributed by atoms with Crippen LogP contribution in [0.4, 0.5) is 11.4 Å². The van der Waals surface area contributed by atoms with E-state index >= 15 is 0 Å². The van der Waals surface area contributed by atoms with Crippen molar-refractivity contribution in [3.8, 4) is 12.1 Å². The summed E-state index contributed by atoms with van der Waals surface area (Å²) in [7, 11) is -7.27. The highest BCUT2D eigenvalue weighted by molar-refractivity contribution is 7.92. The van der Waals surface area contributed by atoms with Gasteiger partial charge >= 0.3 is 0 Å². The number of ether oxygens (including phenoxy) is 2. The molecule has 0 unspecified atom stereocenters. The number of hydrogen-bond donors (Lipinski definition) is 2. The summed E-state index contributed by atoms with van der Waals surface area (Å²) in [4.78, 5) is 29.4. The van der Waals surface area contributed by atoms with Crippen LogP contribution in [0.2, 0.25) is 10.0 Å². The lowest BCUT2D eigenvalue weighted by atomic mass is 10.1. The van der Waals surface area contributed by atoms with E-state index in [0.29, 0.717) is 77.8 Å². The number of carbonyl (C=O) groups is 2. The fraction of sp³-hybridized carbons (Fsp3) is 0.600. The van der Waals surface area contributed by atoms with Gasteiger partial charge < -0.3 is 29.9 Å². The fourth-order valence-electron chi connectivity index (χ4n) is 8.21. The summed E-state index contributed by atoms with van der Waals surface area (Å²) >= 11 is 12.7. The minimum atomic E-state index is -3.64. The first-order chi connectivity index (χ1) is 27.7. The molecule has 18 heteroatoms. The third kappa shape index (κ3) is 9.23. The van der Waals surface area contributed by atoms with Crippen molar-refractivity contribution >= 4 is 66.1 Å². The first kappa shape index (κ1) is 42.5. The van der Waals surface area contributed by atoms with E-state index in [2.05, 4.69) is 32.6 Å². The number of anilines is 2. The number of sulfone groups is 2. The van der Waals surface area contributed by atoms with Gasteiger partial charge in [0, 0.05) is 49.4 Å². The van der Waals surface area contributed by atoms with Crippen LogP contribution in [0.1, 0.15) is 64.2 Å². The smallest absolute Gasteiger partial charge is 0.224 e. The van der Waals surface area contributed by atoms with Crippen molar-refractivity contribution in [2.24, 2.45) is 11.8 Å². The van der Waals surface area contributed by atoms with E-state index in [1.54, 1.807) is 36.4 Å². The fourth-order valence-corrected chi connectivity index (χ4v) is 13.0. The zero-order valence-corrected chi connectivity index (χ0v) is 35.3. The van der Waals surface area contributed by atoms with E-state index in [4.69, 9.17) is 43.2 Å². The second-order valence-electron chi connectivity index (χ2n) is 16.1. The molecular formula is C40H48Cl2N6O8S2. The summed E-state index contributed by atoms with van der Waals surface area (Å²) < 4.78 is 63.3. The first-order valence-electron chi connectivity index (χ1n) is 19.9. The highest BCUT2D eigenvalue weighted by atomic mass is 35.5. The molecule has 4 saturated carbocycles. The van der Waals surface area contributed by atoms with Gasteiger partial charge in [0.2, 0.25) is 11.8 Å². The number of morpholine rings is 2. The molecule has 2 heterocycles. The Bertz CT molecular complexity index is 2050. The number of carbonyl (C=O) groups excluding carboxylic acids is 2. The zero-order chi connectivity index (χ0) is 41.3. The molecule has 2 N–H and O–H groups in total. The van der Waals surface area contributed by atoms with Gasteiger partial charge in [-0.05, 0) is 101 Å². The highest BCUT2D eigenvalue weighted by Gasteiger charge is 2.48. The maximum absolute atomic E-state index is 13.2. The van der Waals surface area contributed by atoms with Crippen molar-refractivity contribution in [1.82, 2.24) is 10.6 Å². The molecule has 4 atom stereocenters. The molecule has 0 aromatic heterocycles. The SMILES string of the molecule is N#CC1(NC(=O)[C@@H]2CC[C@@H](S(=O)(=O)c3ccc(N4CCOCC4)cc3Cl)C2)CC1.N#CC1(NC(=O)[C@H]2CC[C@H](S(=O)(=O)c3ccc(N4CCOCC4)cc3Cl)C2)CC1.